The Hall–Kier alpha value is 0.748. The molecular weight excluding hydrogens is 220 g/mol. The van der Waals surface area contributed by atoms with Crippen molar-refractivity contribution in [2.45, 2.75) is 32.7 Å². The predicted molar refractivity (Wildman–Crippen MR) is 55.6 cm³/mol. The molecule has 0 amide bonds. The van der Waals surface area contributed by atoms with E-state index in [1.165, 1.54) is 0 Å². The number of rotatable bonds is 6. The molecule has 0 N–H and O–H groups in total. The molecule has 0 aliphatic heterocycles. The summed E-state index contributed by atoms with van der Waals surface area (Å²) < 4.78 is 16.7. The molecule has 0 spiro atoms. The largest absolute Gasteiger partial charge is 0.437 e. The molecule has 0 aromatic heterocycles. The first kappa shape index (κ1) is 12.7. The summed E-state index contributed by atoms with van der Waals surface area (Å²) in [5.74, 6) is 0. The van der Waals surface area contributed by atoms with E-state index in [9.17, 15) is 0 Å². The lowest BCUT2D eigenvalue weighted by Gasteiger charge is -2.25. The van der Waals surface area contributed by atoms with Crippen LogP contribution in [0.15, 0.2) is 0 Å². The first-order chi connectivity index (χ1) is 5.52. The normalized spacial score (nSPS) is 12.5. The zero-order chi connectivity index (χ0) is 9.61. The van der Waals surface area contributed by atoms with E-state index in [4.69, 9.17) is 12.3 Å². The van der Waals surface area contributed by atoms with Gasteiger partial charge in [0.2, 0.25) is 19.5 Å². The summed E-state index contributed by atoms with van der Waals surface area (Å²) in [5.41, 5.74) is 0. The van der Waals surface area contributed by atoms with Gasteiger partial charge in [0.25, 0.3) is 0 Å². The maximum absolute atomic E-state index is 5.73. The van der Waals surface area contributed by atoms with Crippen LogP contribution < -0.4 is 0 Å². The minimum Gasteiger partial charge on any atom is -0.437 e. The van der Waals surface area contributed by atoms with Crippen molar-refractivity contribution in [3.05, 3.63) is 0 Å². The second-order valence-electron chi connectivity index (χ2n) is 2.61. The van der Waals surface area contributed by atoms with Crippen molar-refractivity contribution in [1.29, 1.82) is 0 Å². The van der Waals surface area contributed by atoms with Gasteiger partial charge in [0.05, 0.1) is 0 Å². The van der Waals surface area contributed by atoms with Gasteiger partial charge in [0, 0.05) is 0 Å². The minimum atomic E-state index is -1.87. The number of hydrogen-bond donors (Lipinski definition) is 0. The van der Waals surface area contributed by atoms with Gasteiger partial charge in [0.1, 0.15) is 0 Å². The predicted octanol–water partition coefficient (Wildman–Crippen LogP) is 1.19. The Bertz CT molecular complexity index is 121. The third kappa shape index (κ3) is 6.28. The van der Waals surface area contributed by atoms with Crippen LogP contribution in [0.2, 0.25) is 32.7 Å². The van der Waals surface area contributed by atoms with Crippen LogP contribution in [0.4, 0.5) is 0 Å². The third-order valence-corrected chi connectivity index (χ3v) is 8.85. The zero-order valence-electron chi connectivity index (χ0n) is 8.22. The highest BCUT2D eigenvalue weighted by atomic mass is 28.5. The van der Waals surface area contributed by atoms with Gasteiger partial charge in [-0.2, -0.15) is 0 Å². The highest BCUT2D eigenvalue weighted by Crippen LogP contribution is 2.07. The molecule has 3 nitrogen and oxygen atoms in total. The molecule has 0 aromatic carbocycles. The average Bonchev–Trinajstić information content (AvgIpc) is 1.85. The molecule has 12 heavy (non-hydrogen) atoms. The first-order valence-corrected chi connectivity index (χ1v) is 11.2. The molecule has 0 bridgehead atoms. The van der Waals surface area contributed by atoms with E-state index in [0.717, 1.165) is 0 Å². The van der Waals surface area contributed by atoms with Crippen molar-refractivity contribution in [2.75, 3.05) is 0 Å². The summed E-state index contributed by atoms with van der Waals surface area (Å²) in [4.78, 5) is 0. The molecule has 69 valence electrons. The second kappa shape index (κ2) is 6.24. The van der Waals surface area contributed by atoms with E-state index < -0.39 is 17.8 Å². The van der Waals surface area contributed by atoms with Crippen molar-refractivity contribution in [1.82, 2.24) is 0 Å². The quantitative estimate of drug-likeness (QED) is 0.648. The van der Waals surface area contributed by atoms with Gasteiger partial charge in [0.15, 0.2) is 0 Å². The third-order valence-electron chi connectivity index (χ3n) is 0.983. The summed E-state index contributed by atoms with van der Waals surface area (Å²) in [6.07, 6.45) is 0. The molecule has 0 saturated carbocycles. The van der Waals surface area contributed by atoms with Gasteiger partial charge in [-0.1, -0.05) is 0 Å². The standard InChI is InChI=1S/C5H15O3Si4/c1-9-6-11(3)8-12(4,5)7-10-2/h1-5H3. The van der Waals surface area contributed by atoms with Crippen LogP contribution in [0.3, 0.4) is 0 Å². The minimum absolute atomic E-state index is 0.511. The first-order valence-electron chi connectivity index (χ1n) is 3.72. The Balaban J connectivity index is 3.70. The summed E-state index contributed by atoms with van der Waals surface area (Å²) in [6.45, 7) is 10.1. The van der Waals surface area contributed by atoms with Crippen LogP contribution in [0.25, 0.3) is 0 Å². The lowest BCUT2D eigenvalue weighted by molar-refractivity contribution is 0.369. The van der Waals surface area contributed by atoms with Crippen molar-refractivity contribution in [2.24, 2.45) is 0 Å². The molecule has 0 rings (SSSR count). The second-order valence-corrected chi connectivity index (χ2v) is 9.65. The SMILES string of the molecule is C[Si]O[Si](C)O[Si](C)(C)O[Si]C. The molecule has 0 saturated heterocycles. The van der Waals surface area contributed by atoms with Crippen LogP contribution >= 0.6 is 0 Å². The molecule has 0 heterocycles. The van der Waals surface area contributed by atoms with E-state index in [2.05, 4.69) is 13.1 Å². The molecule has 5 radical (unpaired) electrons. The van der Waals surface area contributed by atoms with Crippen molar-refractivity contribution in [3.63, 3.8) is 0 Å². The average molecular weight is 236 g/mol. The van der Waals surface area contributed by atoms with Gasteiger partial charge in [-0.25, -0.2) is 0 Å². The summed E-state index contributed by atoms with van der Waals surface area (Å²) in [6, 6.07) is 0. The van der Waals surface area contributed by atoms with E-state index in [1.807, 2.05) is 19.6 Å². The Morgan fingerprint density at radius 1 is 1.17 bits per heavy atom. The number of hydrogen-bond acceptors (Lipinski definition) is 3. The van der Waals surface area contributed by atoms with Crippen LogP contribution in [0, 0.1) is 0 Å². The molecule has 0 atom stereocenters. The van der Waals surface area contributed by atoms with Gasteiger partial charge in [-0.3, -0.25) is 0 Å². The summed E-state index contributed by atoms with van der Waals surface area (Å²) in [7, 11) is -1.91. The van der Waals surface area contributed by atoms with Gasteiger partial charge >= 0.3 is 17.8 Å². The van der Waals surface area contributed by atoms with E-state index in [1.54, 1.807) is 0 Å². The smallest absolute Gasteiger partial charge is 0.360 e. The molecule has 0 aliphatic carbocycles. The Kier molecular flexibility index (Phi) is 6.63. The van der Waals surface area contributed by atoms with Gasteiger partial charge < -0.3 is 12.3 Å². The molecule has 0 unspecified atom stereocenters. The van der Waals surface area contributed by atoms with Gasteiger partial charge in [-0.05, 0) is 32.7 Å². The molecular formula is C5H15O3Si4. The summed E-state index contributed by atoms with van der Waals surface area (Å²) >= 11 is 0. The Morgan fingerprint density at radius 2 is 1.75 bits per heavy atom. The van der Waals surface area contributed by atoms with Crippen molar-refractivity contribution < 1.29 is 12.3 Å². The highest BCUT2D eigenvalue weighted by Gasteiger charge is 2.27. The fraction of sp³-hybridized carbons (Fsp3) is 1.00. The lowest BCUT2D eigenvalue weighted by Crippen LogP contribution is -2.42. The van der Waals surface area contributed by atoms with Crippen LogP contribution in [-0.2, 0) is 12.3 Å². The Labute approximate surface area is 82.8 Å². The fourth-order valence-corrected chi connectivity index (χ4v) is 7.75. The maximum Gasteiger partial charge on any atom is 0.360 e. The van der Waals surface area contributed by atoms with E-state index in [-0.39, 0.29) is 0 Å². The lowest BCUT2D eigenvalue weighted by atomic mass is 11.9. The zero-order valence-corrected chi connectivity index (χ0v) is 12.2. The van der Waals surface area contributed by atoms with Crippen molar-refractivity contribution >= 4 is 37.4 Å². The van der Waals surface area contributed by atoms with Gasteiger partial charge in [-0.15, -0.1) is 0 Å². The van der Waals surface area contributed by atoms with E-state index in [0.29, 0.717) is 19.5 Å². The molecule has 0 aromatic rings. The fourth-order valence-electron chi connectivity index (χ4n) is 0.777. The summed E-state index contributed by atoms with van der Waals surface area (Å²) in [5, 5.41) is 0. The van der Waals surface area contributed by atoms with Crippen LogP contribution in [0.5, 0.6) is 0 Å². The molecule has 0 aliphatic rings. The monoisotopic (exact) mass is 235 g/mol. The molecule has 0 fully saturated rings. The maximum atomic E-state index is 5.73. The molecule has 7 heteroatoms. The Morgan fingerprint density at radius 3 is 2.17 bits per heavy atom. The topological polar surface area (TPSA) is 27.7 Å². The highest BCUT2D eigenvalue weighted by molar-refractivity contribution is 6.75. The van der Waals surface area contributed by atoms with Crippen molar-refractivity contribution in [3.8, 4) is 0 Å². The van der Waals surface area contributed by atoms with Crippen LogP contribution in [0.1, 0.15) is 0 Å². The van der Waals surface area contributed by atoms with Crippen LogP contribution in [-0.4, -0.2) is 37.4 Å². The van der Waals surface area contributed by atoms with E-state index >= 15 is 0 Å².